The fraction of sp³-hybridized carbons (Fsp3) is 0.297. The second-order valence-corrected chi connectivity index (χ2v) is 14.7. The molecule has 51 heavy (non-hydrogen) atoms. The van der Waals surface area contributed by atoms with Gasteiger partial charge < -0.3 is 15.1 Å². The summed E-state index contributed by atoms with van der Waals surface area (Å²) in [6, 6.07) is 17.2. The number of hydrogen-bond acceptors (Lipinski definition) is 10. The Balaban J connectivity index is 0.837. The van der Waals surface area contributed by atoms with Gasteiger partial charge in [0.15, 0.2) is 11.2 Å². The SMILES string of the molecule is Cc1cc(C)n2ncc(C(=O)Nc3ccc(-c4cn(CC5(CNC(=O)CSc6ncnc7c6oc6ccccc67)CC56CCC6)nn4)cc3)c2n1. The van der Waals surface area contributed by atoms with Gasteiger partial charge in [-0.1, -0.05) is 47.7 Å². The molecule has 1 atom stereocenters. The zero-order valence-electron chi connectivity index (χ0n) is 28.1. The maximum absolute atomic E-state index is 13.1. The van der Waals surface area contributed by atoms with Gasteiger partial charge in [-0.05, 0) is 68.9 Å². The van der Waals surface area contributed by atoms with Crippen molar-refractivity contribution in [2.45, 2.75) is 51.1 Å². The molecule has 2 aliphatic rings. The highest BCUT2D eigenvalue weighted by molar-refractivity contribution is 8.00. The lowest BCUT2D eigenvalue weighted by atomic mass is 9.75. The first-order valence-electron chi connectivity index (χ1n) is 17.0. The Labute approximate surface area is 296 Å². The summed E-state index contributed by atoms with van der Waals surface area (Å²) in [7, 11) is 0. The molecule has 5 aromatic heterocycles. The number of nitrogens with zero attached hydrogens (tertiary/aromatic N) is 8. The molecule has 2 aliphatic carbocycles. The van der Waals surface area contributed by atoms with Crippen LogP contribution in [0, 0.1) is 24.7 Å². The average molecular weight is 699 g/mol. The second-order valence-electron chi connectivity index (χ2n) is 13.8. The number of aromatic nitrogens is 8. The summed E-state index contributed by atoms with van der Waals surface area (Å²) in [4.78, 5) is 39.6. The van der Waals surface area contributed by atoms with Gasteiger partial charge in [0.25, 0.3) is 5.91 Å². The minimum Gasteiger partial charge on any atom is -0.451 e. The lowest BCUT2D eigenvalue weighted by Gasteiger charge is -2.33. The first-order valence-corrected chi connectivity index (χ1v) is 17.9. The highest BCUT2D eigenvalue weighted by Crippen LogP contribution is 2.74. The van der Waals surface area contributed by atoms with E-state index in [2.05, 4.69) is 41.0 Å². The van der Waals surface area contributed by atoms with Gasteiger partial charge in [0.2, 0.25) is 5.91 Å². The maximum atomic E-state index is 13.1. The number of hydrogen-bond donors (Lipinski definition) is 2. The number of benzene rings is 2. The molecule has 1 unspecified atom stereocenters. The van der Waals surface area contributed by atoms with E-state index in [1.807, 2.05) is 79.3 Å². The minimum atomic E-state index is -0.274. The zero-order chi connectivity index (χ0) is 34.7. The maximum Gasteiger partial charge on any atom is 0.261 e. The standard InChI is InChI=1S/C37H34N10O3S/c1-22-14-23(2)47-33(42-22)27(15-41-47)34(49)43-25-10-8-24(9-11-25)28-16-46(45-44-28)20-37(18-36(37)12-5-13-36)19-38-30(48)17-51-35-32-31(39-21-40-35)26-6-3-4-7-29(26)50-32/h3-4,6-11,14-16,21H,5,12-13,17-20H2,1-2H3,(H,38,48)(H,43,49). The van der Waals surface area contributed by atoms with Crippen LogP contribution in [0.1, 0.15) is 47.4 Å². The number of thioether (sulfide) groups is 1. The third-order valence-electron chi connectivity index (χ3n) is 10.5. The number of carbonyl (C=O) groups is 2. The summed E-state index contributed by atoms with van der Waals surface area (Å²) >= 11 is 1.36. The quantitative estimate of drug-likeness (QED) is 0.128. The van der Waals surface area contributed by atoms with Gasteiger partial charge in [0.1, 0.15) is 33.7 Å². The first-order chi connectivity index (χ1) is 24.8. The van der Waals surface area contributed by atoms with E-state index in [1.54, 1.807) is 10.7 Å². The van der Waals surface area contributed by atoms with Gasteiger partial charge in [-0.2, -0.15) is 5.10 Å². The molecule has 0 radical (unpaired) electrons. The van der Waals surface area contributed by atoms with Crippen molar-refractivity contribution in [1.82, 2.24) is 44.9 Å². The van der Waals surface area contributed by atoms with Crippen LogP contribution < -0.4 is 10.6 Å². The van der Waals surface area contributed by atoms with Crippen molar-refractivity contribution < 1.29 is 14.0 Å². The van der Waals surface area contributed by atoms with Crippen LogP contribution in [0.4, 0.5) is 5.69 Å². The molecule has 14 heteroatoms. The van der Waals surface area contributed by atoms with Crippen LogP contribution >= 0.6 is 11.8 Å². The van der Waals surface area contributed by atoms with Crippen molar-refractivity contribution in [1.29, 1.82) is 0 Å². The summed E-state index contributed by atoms with van der Waals surface area (Å²) in [6.07, 6.45) is 9.63. The van der Waals surface area contributed by atoms with E-state index >= 15 is 0 Å². The van der Waals surface area contributed by atoms with E-state index < -0.39 is 0 Å². The molecule has 2 aromatic carbocycles. The number of rotatable bonds is 10. The normalized spacial score (nSPS) is 17.6. The molecule has 2 fully saturated rings. The van der Waals surface area contributed by atoms with E-state index in [0.717, 1.165) is 45.6 Å². The second kappa shape index (κ2) is 12.0. The number of carbonyl (C=O) groups excluding carboxylic acids is 2. The predicted octanol–water partition coefficient (Wildman–Crippen LogP) is 6.02. The minimum absolute atomic E-state index is 0.0434. The van der Waals surface area contributed by atoms with E-state index in [-0.39, 0.29) is 28.4 Å². The van der Waals surface area contributed by atoms with Crippen LogP contribution in [0.3, 0.4) is 0 Å². The highest BCUT2D eigenvalue weighted by atomic mass is 32.2. The summed E-state index contributed by atoms with van der Waals surface area (Å²) in [5, 5.41) is 21.0. The van der Waals surface area contributed by atoms with Crippen LogP contribution in [-0.4, -0.2) is 63.7 Å². The van der Waals surface area contributed by atoms with Crippen molar-refractivity contribution in [3.8, 4) is 11.3 Å². The largest absolute Gasteiger partial charge is 0.451 e. The van der Waals surface area contributed by atoms with E-state index in [1.165, 1.54) is 37.4 Å². The topological polar surface area (TPSA) is 158 Å². The lowest BCUT2D eigenvalue weighted by molar-refractivity contribution is -0.119. The molecule has 5 heterocycles. The van der Waals surface area contributed by atoms with Gasteiger partial charge in [0.05, 0.1) is 24.7 Å². The molecular formula is C37H34N10O3S. The Bertz CT molecular complexity index is 2480. The van der Waals surface area contributed by atoms with Gasteiger partial charge in [0, 0.05) is 40.0 Å². The summed E-state index contributed by atoms with van der Waals surface area (Å²) in [5.41, 5.74) is 7.26. The molecule has 1 spiro atoms. The molecule has 0 bridgehead atoms. The highest BCUT2D eigenvalue weighted by Gasteiger charge is 2.69. The number of anilines is 1. The number of aryl methyl sites for hydroxylation is 2. The fourth-order valence-corrected chi connectivity index (χ4v) is 8.43. The van der Waals surface area contributed by atoms with Crippen LogP contribution in [0.15, 0.2) is 82.8 Å². The number of furan rings is 1. The average Bonchev–Trinajstić information content (AvgIpc) is 3.48. The molecule has 13 nitrogen and oxygen atoms in total. The monoisotopic (exact) mass is 698 g/mol. The molecule has 9 rings (SSSR count). The van der Waals surface area contributed by atoms with Crippen LogP contribution in [0.5, 0.6) is 0 Å². The number of fused-ring (bicyclic) bond motifs is 4. The molecule has 256 valence electrons. The van der Waals surface area contributed by atoms with Crippen LogP contribution in [0.2, 0.25) is 0 Å². The van der Waals surface area contributed by atoms with E-state index in [9.17, 15) is 9.59 Å². The van der Waals surface area contributed by atoms with Crippen molar-refractivity contribution in [2.75, 3.05) is 17.6 Å². The Morgan fingerprint density at radius 1 is 1.06 bits per heavy atom. The van der Waals surface area contributed by atoms with E-state index in [4.69, 9.17) is 4.42 Å². The number of nitrogens with one attached hydrogen (secondary N) is 2. The summed E-state index contributed by atoms with van der Waals surface area (Å²) < 4.78 is 9.60. The van der Waals surface area contributed by atoms with Gasteiger partial charge in [-0.15, -0.1) is 5.10 Å². The summed E-state index contributed by atoms with van der Waals surface area (Å²) in [6.45, 7) is 5.09. The number of amides is 2. The van der Waals surface area contributed by atoms with Crippen molar-refractivity contribution >= 4 is 57.0 Å². The Morgan fingerprint density at radius 2 is 1.90 bits per heavy atom. The van der Waals surface area contributed by atoms with Crippen molar-refractivity contribution in [2.24, 2.45) is 10.8 Å². The summed E-state index contributed by atoms with van der Waals surface area (Å²) in [5.74, 6) is -0.0896. The fourth-order valence-electron chi connectivity index (χ4n) is 7.67. The molecule has 0 aliphatic heterocycles. The predicted molar refractivity (Wildman–Crippen MR) is 192 cm³/mol. The zero-order valence-corrected chi connectivity index (χ0v) is 28.9. The molecule has 0 saturated heterocycles. The smallest absolute Gasteiger partial charge is 0.261 e. The molecular weight excluding hydrogens is 665 g/mol. The molecule has 2 saturated carbocycles. The lowest BCUT2D eigenvalue weighted by Crippen LogP contribution is -2.38. The Morgan fingerprint density at radius 3 is 2.71 bits per heavy atom. The Kier molecular flexibility index (Phi) is 7.38. The van der Waals surface area contributed by atoms with Crippen molar-refractivity contribution in [3.63, 3.8) is 0 Å². The first kappa shape index (κ1) is 31.4. The molecule has 7 aromatic rings. The molecule has 2 amide bonds. The Hall–Kier alpha value is -5.63. The van der Waals surface area contributed by atoms with Gasteiger partial charge in [-0.3, -0.25) is 14.3 Å². The van der Waals surface area contributed by atoms with Crippen LogP contribution in [0.25, 0.3) is 39.0 Å². The third-order valence-corrected chi connectivity index (χ3v) is 11.5. The van der Waals surface area contributed by atoms with Gasteiger partial charge >= 0.3 is 0 Å². The van der Waals surface area contributed by atoms with Crippen molar-refractivity contribution in [3.05, 3.63) is 90.3 Å². The molecule has 2 N–H and O–H groups in total. The van der Waals surface area contributed by atoms with E-state index in [0.29, 0.717) is 40.6 Å². The number of para-hydroxylation sites is 1. The van der Waals surface area contributed by atoms with Crippen LogP contribution in [-0.2, 0) is 11.3 Å². The third kappa shape index (κ3) is 5.50. The van der Waals surface area contributed by atoms with Gasteiger partial charge in [-0.25, -0.2) is 19.5 Å².